The number of likely N-dealkylation sites (tertiary alicyclic amines) is 1. The lowest BCUT2D eigenvalue weighted by atomic mass is 9.77. The van der Waals surface area contributed by atoms with Gasteiger partial charge >= 0.3 is 12.3 Å². The molecule has 6 nitrogen and oxygen atoms in total. The minimum absolute atomic E-state index is 0.0225. The Morgan fingerprint density at radius 2 is 1.68 bits per heavy atom. The molecule has 1 spiro atoms. The highest BCUT2D eigenvalue weighted by atomic mass is 19.4. The van der Waals surface area contributed by atoms with Crippen molar-refractivity contribution in [1.82, 2.24) is 4.90 Å². The van der Waals surface area contributed by atoms with Crippen molar-refractivity contribution in [3.8, 4) is 16.9 Å². The fourth-order valence-electron chi connectivity index (χ4n) is 5.68. The molecule has 1 amide bonds. The molecule has 5 rings (SSSR count). The van der Waals surface area contributed by atoms with Crippen LogP contribution in [0.15, 0.2) is 60.7 Å². The van der Waals surface area contributed by atoms with E-state index in [-0.39, 0.29) is 22.6 Å². The number of carbonyl (C=O) groups is 2. The number of alkyl halides is 3. The van der Waals surface area contributed by atoms with Crippen LogP contribution in [0.4, 0.5) is 23.2 Å². The van der Waals surface area contributed by atoms with Crippen LogP contribution >= 0.6 is 0 Å². The summed E-state index contributed by atoms with van der Waals surface area (Å²) < 4.78 is 57.8. The summed E-state index contributed by atoms with van der Waals surface area (Å²) in [5.74, 6) is -1.87. The largest absolute Gasteiger partial charge is 0.573 e. The molecule has 0 saturated carbocycles. The van der Waals surface area contributed by atoms with Gasteiger partial charge in [0.2, 0.25) is 5.91 Å². The Balaban J connectivity index is 1.32. The van der Waals surface area contributed by atoms with Crippen molar-refractivity contribution in [3.63, 3.8) is 0 Å². The molecule has 0 atom stereocenters. The molecular weight excluding hydrogens is 528 g/mol. The van der Waals surface area contributed by atoms with Crippen molar-refractivity contribution >= 4 is 17.6 Å². The molecule has 0 aromatic heterocycles. The van der Waals surface area contributed by atoms with Crippen LogP contribution in [0.1, 0.15) is 40.7 Å². The van der Waals surface area contributed by atoms with Gasteiger partial charge in [-0.25, -0.2) is 9.18 Å². The number of aromatic carboxylic acids is 1. The number of hydrogen-bond acceptors (Lipinski definition) is 4. The second-order valence-electron chi connectivity index (χ2n) is 10.6. The van der Waals surface area contributed by atoms with E-state index >= 15 is 0 Å². The van der Waals surface area contributed by atoms with Crippen LogP contribution in [0.2, 0.25) is 0 Å². The summed E-state index contributed by atoms with van der Waals surface area (Å²) in [5.41, 5.74) is 2.61. The lowest BCUT2D eigenvalue weighted by molar-refractivity contribution is -0.274. The molecule has 10 heteroatoms. The summed E-state index contributed by atoms with van der Waals surface area (Å²) in [5, 5.41) is 9.13. The topological polar surface area (TPSA) is 70.1 Å². The van der Waals surface area contributed by atoms with Crippen LogP contribution in [-0.4, -0.2) is 47.9 Å². The highest BCUT2D eigenvalue weighted by molar-refractivity contribution is 5.97. The number of carboxylic acid groups (broad SMARTS) is 1. The third-order valence-corrected chi connectivity index (χ3v) is 7.78. The summed E-state index contributed by atoms with van der Waals surface area (Å²) in [6, 6.07) is 15.0. The zero-order valence-corrected chi connectivity index (χ0v) is 21.8. The van der Waals surface area contributed by atoms with E-state index in [1.165, 1.54) is 36.4 Å². The van der Waals surface area contributed by atoms with Crippen molar-refractivity contribution in [2.45, 2.75) is 39.1 Å². The highest BCUT2D eigenvalue weighted by Gasteiger charge is 2.45. The highest BCUT2D eigenvalue weighted by Crippen LogP contribution is 2.43. The van der Waals surface area contributed by atoms with E-state index in [0.29, 0.717) is 67.8 Å². The molecule has 0 radical (unpaired) electrons. The van der Waals surface area contributed by atoms with E-state index in [1.54, 1.807) is 36.1 Å². The zero-order chi connectivity index (χ0) is 28.7. The van der Waals surface area contributed by atoms with Gasteiger partial charge in [0.05, 0.1) is 5.56 Å². The number of benzene rings is 3. The Kier molecular flexibility index (Phi) is 7.31. The number of rotatable bonds is 6. The molecule has 3 aromatic carbocycles. The number of anilines is 1. The normalized spacial score (nSPS) is 17.4. The van der Waals surface area contributed by atoms with Crippen molar-refractivity contribution in [2.75, 3.05) is 24.5 Å². The Hall–Kier alpha value is -3.92. The zero-order valence-electron chi connectivity index (χ0n) is 21.8. The lowest BCUT2D eigenvalue weighted by Gasteiger charge is -2.39. The molecule has 2 aliphatic heterocycles. The summed E-state index contributed by atoms with van der Waals surface area (Å²) in [6.45, 7) is 3.79. The Labute approximate surface area is 228 Å². The first-order chi connectivity index (χ1) is 18.9. The van der Waals surface area contributed by atoms with Gasteiger partial charge in [-0.15, -0.1) is 13.2 Å². The van der Waals surface area contributed by atoms with Gasteiger partial charge in [-0.2, -0.15) is 0 Å². The number of carbonyl (C=O) groups excluding carboxylic acids is 1. The number of ether oxygens (including phenoxy) is 1. The van der Waals surface area contributed by atoms with Gasteiger partial charge in [0.15, 0.2) is 0 Å². The molecule has 2 fully saturated rings. The maximum atomic E-state index is 14.9. The van der Waals surface area contributed by atoms with Crippen molar-refractivity contribution in [2.24, 2.45) is 5.41 Å². The standard InChI is InChI=1S/C30H28F4N2O4/c1-19-2-8-25(26(31)14-19)24-9-7-23(40-30(32,33)34)15-21(24)17-35-12-10-29(11-13-35)16-27(37)36(18-29)22-5-3-20(4-6-22)28(38)39/h2-9,14-15H,10-13,16-18H2,1H3,(H,38,39). The minimum atomic E-state index is -4.85. The van der Waals surface area contributed by atoms with Crippen LogP contribution in [0, 0.1) is 18.2 Å². The molecular formula is C30H28F4N2O4. The lowest BCUT2D eigenvalue weighted by Crippen LogP contribution is -2.41. The van der Waals surface area contributed by atoms with E-state index in [2.05, 4.69) is 9.64 Å². The minimum Gasteiger partial charge on any atom is -0.478 e. The molecule has 2 saturated heterocycles. The average molecular weight is 557 g/mol. The maximum absolute atomic E-state index is 14.9. The van der Waals surface area contributed by atoms with Gasteiger partial charge in [0.25, 0.3) is 0 Å². The van der Waals surface area contributed by atoms with Gasteiger partial charge in [0, 0.05) is 30.8 Å². The van der Waals surface area contributed by atoms with Gasteiger partial charge in [-0.05, 0) is 97.4 Å². The molecule has 0 unspecified atom stereocenters. The Bertz CT molecular complexity index is 1430. The molecule has 2 aliphatic rings. The fraction of sp³-hybridized carbons (Fsp3) is 0.333. The third kappa shape index (κ3) is 5.96. The van der Waals surface area contributed by atoms with Crippen LogP contribution in [0.3, 0.4) is 0 Å². The number of aryl methyl sites for hydroxylation is 1. The number of halogens is 4. The Morgan fingerprint density at radius 3 is 2.30 bits per heavy atom. The predicted molar refractivity (Wildman–Crippen MR) is 141 cm³/mol. The number of carboxylic acids is 1. The molecule has 1 N–H and O–H groups in total. The van der Waals surface area contributed by atoms with E-state index in [9.17, 15) is 27.2 Å². The maximum Gasteiger partial charge on any atom is 0.573 e. The smallest absolute Gasteiger partial charge is 0.478 e. The quantitative estimate of drug-likeness (QED) is 0.355. The van der Waals surface area contributed by atoms with Crippen molar-refractivity contribution in [3.05, 3.63) is 83.2 Å². The third-order valence-electron chi connectivity index (χ3n) is 7.78. The number of piperidine rings is 1. The number of hydrogen-bond donors (Lipinski definition) is 1. The Morgan fingerprint density at radius 1 is 1.00 bits per heavy atom. The van der Waals surface area contributed by atoms with Crippen LogP contribution in [0.5, 0.6) is 5.75 Å². The second-order valence-corrected chi connectivity index (χ2v) is 10.6. The molecule has 0 aliphatic carbocycles. The molecule has 40 heavy (non-hydrogen) atoms. The van der Waals surface area contributed by atoms with Crippen molar-refractivity contribution in [1.29, 1.82) is 0 Å². The first kappa shape index (κ1) is 27.6. The first-order valence-corrected chi connectivity index (χ1v) is 12.9. The summed E-state index contributed by atoms with van der Waals surface area (Å²) in [4.78, 5) is 27.8. The van der Waals surface area contributed by atoms with Crippen LogP contribution in [-0.2, 0) is 11.3 Å². The monoisotopic (exact) mass is 556 g/mol. The fourth-order valence-corrected chi connectivity index (χ4v) is 5.68. The van der Waals surface area contributed by atoms with Gasteiger partial charge < -0.3 is 14.7 Å². The second kappa shape index (κ2) is 10.6. The van der Waals surface area contributed by atoms with E-state index in [1.807, 2.05) is 0 Å². The van der Waals surface area contributed by atoms with Crippen LogP contribution in [0.25, 0.3) is 11.1 Å². The average Bonchev–Trinajstić information content (AvgIpc) is 3.21. The predicted octanol–water partition coefficient (Wildman–Crippen LogP) is 6.42. The van der Waals surface area contributed by atoms with E-state index in [0.717, 1.165) is 5.56 Å². The number of amides is 1. The van der Waals surface area contributed by atoms with E-state index < -0.39 is 18.1 Å². The van der Waals surface area contributed by atoms with Crippen molar-refractivity contribution < 1.29 is 37.0 Å². The SMILES string of the molecule is Cc1ccc(-c2ccc(OC(F)(F)F)cc2CN2CCC3(CC2)CC(=O)N(c2ccc(C(=O)O)cc2)C3)c(F)c1. The van der Waals surface area contributed by atoms with Crippen LogP contribution < -0.4 is 9.64 Å². The molecule has 3 aromatic rings. The molecule has 2 heterocycles. The molecule has 210 valence electrons. The van der Waals surface area contributed by atoms with E-state index in [4.69, 9.17) is 5.11 Å². The first-order valence-electron chi connectivity index (χ1n) is 12.9. The summed E-state index contributed by atoms with van der Waals surface area (Å²) in [6.07, 6.45) is -3.07. The van der Waals surface area contributed by atoms with Gasteiger partial charge in [-0.3, -0.25) is 9.69 Å². The van der Waals surface area contributed by atoms with Gasteiger partial charge in [-0.1, -0.05) is 18.2 Å². The summed E-state index contributed by atoms with van der Waals surface area (Å²) in [7, 11) is 0. The molecule has 0 bridgehead atoms. The van der Waals surface area contributed by atoms with Gasteiger partial charge in [0.1, 0.15) is 11.6 Å². The number of nitrogens with zero attached hydrogens (tertiary/aromatic N) is 2. The summed E-state index contributed by atoms with van der Waals surface area (Å²) >= 11 is 0.